The van der Waals surface area contributed by atoms with E-state index in [2.05, 4.69) is 10.3 Å². The van der Waals surface area contributed by atoms with Crippen LogP contribution < -0.4 is 10.1 Å². The van der Waals surface area contributed by atoms with Crippen LogP contribution in [-0.4, -0.2) is 59.6 Å². The number of nitrogens with one attached hydrogen (secondary N) is 1. The number of fused-ring (bicyclic) bond motifs is 1. The van der Waals surface area contributed by atoms with Gasteiger partial charge in [-0.3, -0.25) is 9.59 Å². The summed E-state index contributed by atoms with van der Waals surface area (Å²) in [4.78, 5) is 31.2. The minimum Gasteiger partial charge on any atom is -0.477 e. The zero-order valence-electron chi connectivity index (χ0n) is 16.4. The SMILES string of the molecule is CCOc1ncccc1C(=O)N1CC[C@]2(OC)CC[C@@H](NC(=O)CC)C[C@H]12. The van der Waals surface area contributed by atoms with Gasteiger partial charge in [-0.2, -0.15) is 0 Å². The molecular weight excluding hydrogens is 346 g/mol. The van der Waals surface area contributed by atoms with Gasteiger partial charge in [-0.1, -0.05) is 6.92 Å². The van der Waals surface area contributed by atoms with E-state index < -0.39 is 0 Å². The first kappa shape index (κ1) is 19.6. The fourth-order valence-corrected chi connectivity index (χ4v) is 4.36. The van der Waals surface area contributed by atoms with Crippen LogP contribution in [0.5, 0.6) is 5.88 Å². The minimum atomic E-state index is -0.336. The van der Waals surface area contributed by atoms with E-state index in [1.54, 1.807) is 25.4 Å². The van der Waals surface area contributed by atoms with Crippen LogP contribution in [0.25, 0.3) is 0 Å². The maximum atomic E-state index is 13.3. The lowest BCUT2D eigenvalue weighted by Crippen LogP contribution is -2.55. The van der Waals surface area contributed by atoms with Crippen molar-refractivity contribution in [2.75, 3.05) is 20.3 Å². The predicted molar refractivity (Wildman–Crippen MR) is 101 cm³/mol. The highest BCUT2D eigenvalue weighted by Crippen LogP contribution is 2.43. The standard InChI is InChI=1S/C20H29N3O4/c1-4-17(24)22-14-8-9-20(26-3)10-12-23(16(20)13-14)19(25)15-7-6-11-21-18(15)27-5-2/h6-7,11,14,16H,4-5,8-10,12-13H2,1-3H3,(H,22,24)/t14-,16+,20-/m1/s1. The van der Waals surface area contributed by atoms with Crippen molar-refractivity contribution in [3.63, 3.8) is 0 Å². The largest absolute Gasteiger partial charge is 0.477 e. The monoisotopic (exact) mass is 375 g/mol. The number of aromatic nitrogens is 1. The molecule has 0 aromatic carbocycles. The summed E-state index contributed by atoms with van der Waals surface area (Å²) in [6.45, 7) is 4.80. The number of rotatable bonds is 6. The number of pyridine rings is 1. The van der Waals surface area contributed by atoms with Crippen LogP contribution in [0, 0.1) is 0 Å². The Morgan fingerprint density at radius 2 is 2.19 bits per heavy atom. The summed E-state index contributed by atoms with van der Waals surface area (Å²) >= 11 is 0. The van der Waals surface area contributed by atoms with E-state index in [1.807, 2.05) is 18.7 Å². The van der Waals surface area contributed by atoms with Gasteiger partial charge in [0.2, 0.25) is 11.8 Å². The van der Waals surface area contributed by atoms with Gasteiger partial charge in [0.15, 0.2) is 0 Å². The van der Waals surface area contributed by atoms with Crippen LogP contribution in [0.2, 0.25) is 0 Å². The quantitative estimate of drug-likeness (QED) is 0.824. The summed E-state index contributed by atoms with van der Waals surface area (Å²) in [7, 11) is 1.72. The Balaban J connectivity index is 1.83. The third-order valence-corrected chi connectivity index (χ3v) is 5.82. The maximum Gasteiger partial charge on any atom is 0.259 e. The number of methoxy groups -OCH3 is 1. The summed E-state index contributed by atoms with van der Waals surface area (Å²) in [5.74, 6) is 0.330. The van der Waals surface area contributed by atoms with Gasteiger partial charge in [-0.25, -0.2) is 4.98 Å². The Bertz CT molecular complexity index is 696. The smallest absolute Gasteiger partial charge is 0.259 e. The molecule has 1 aliphatic heterocycles. The van der Waals surface area contributed by atoms with E-state index in [-0.39, 0.29) is 29.5 Å². The van der Waals surface area contributed by atoms with Gasteiger partial charge >= 0.3 is 0 Å². The molecule has 2 heterocycles. The van der Waals surface area contributed by atoms with Crippen molar-refractivity contribution in [1.82, 2.24) is 15.2 Å². The second-order valence-corrected chi connectivity index (χ2v) is 7.21. The van der Waals surface area contributed by atoms with E-state index >= 15 is 0 Å². The van der Waals surface area contributed by atoms with Crippen LogP contribution in [-0.2, 0) is 9.53 Å². The average molecular weight is 375 g/mol. The Morgan fingerprint density at radius 3 is 2.89 bits per heavy atom. The highest BCUT2D eigenvalue weighted by molar-refractivity contribution is 5.96. The Kier molecular flexibility index (Phi) is 5.99. The Hall–Kier alpha value is -2.15. The third kappa shape index (κ3) is 3.78. The van der Waals surface area contributed by atoms with E-state index in [0.717, 1.165) is 19.3 Å². The molecule has 7 heteroatoms. The van der Waals surface area contributed by atoms with Crippen molar-refractivity contribution < 1.29 is 19.1 Å². The lowest BCUT2D eigenvalue weighted by Gasteiger charge is -2.43. The number of carbonyl (C=O) groups is 2. The first-order valence-electron chi connectivity index (χ1n) is 9.78. The summed E-state index contributed by atoms with van der Waals surface area (Å²) in [5, 5.41) is 3.08. The van der Waals surface area contributed by atoms with Gasteiger partial charge in [0.25, 0.3) is 5.91 Å². The van der Waals surface area contributed by atoms with Gasteiger partial charge in [-0.05, 0) is 44.7 Å². The number of carbonyl (C=O) groups excluding carboxylic acids is 2. The van der Waals surface area contributed by atoms with Gasteiger partial charge in [0.1, 0.15) is 5.56 Å². The van der Waals surface area contributed by atoms with Crippen LogP contribution in [0.3, 0.4) is 0 Å². The topological polar surface area (TPSA) is 80.8 Å². The minimum absolute atomic E-state index is 0.0479. The lowest BCUT2D eigenvalue weighted by atomic mass is 9.78. The second kappa shape index (κ2) is 8.25. The molecular formula is C20H29N3O4. The van der Waals surface area contributed by atoms with Crippen LogP contribution in [0.4, 0.5) is 0 Å². The molecule has 1 saturated heterocycles. The van der Waals surface area contributed by atoms with Crippen LogP contribution in [0.15, 0.2) is 18.3 Å². The van der Waals surface area contributed by atoms with Crippen LogP contribution >= 0.6 is 0 Å². The van der Waals surface area contributed by atoms with Crippen molar-refractivity contribution in [3.8, 4) is 5.88 Å². The molecule has 1 aromatic heterocycles. The molecule has 27 heavy (non-hydrogen) atoms. The zero-order valence-corrected chi connectivity index (χ0v) is 16.4. The van der Waals surface area contributed by atoms with Crippen molar-refractivity contribution in [1.29, 1.82) is 0 Å². The van der Waals surface area contributed by atoms with Crippen molar-refractivity contribution >= 4 is 11.8 Å². The van der Waals surface area contributed by atoms with Crippen molar-refractivity contribution in [2.24, 2.45) is 0 Å². The molecule has 0 unspecified atom stereocenters. The molecule has 3 atom stereocenters. The number of amides is 2. The summed E-state index contributed by atoms with van der Waals surface area (Å²) in [6.07, 6.45) is 5.30. The van der Waals surface area contributed by atoms with Gasteiger partial charge in [0, 0.05) is 32.3 Å². The molecule has 1 saturated carbocycles. The Morgan fingerprint density at radius 1 is 1.37 bits per heavy atom. The lowest BCUT2D eigenvalue weighted by molar-refractivity contribution is -0.122. The highest BCUT2D eigenvalue weighted by Gasteiger charge is 2.53. The zero-order chi connectivity index (χ0) is 19.4. The summed E-state index contributed by atoms with van der Waals surface area (Å²) in [5.41, 5.74) is 0.142. The number of likely N-dealkylation sites (tertiary alicyclic amines) is 1. The second-order valence-electron chi connectivity index (χ2n) is 7.21. The van der Waals surface area contributed by atoms with Gasteiger partial charge < -0.3 is 19.7 Å². The fourth-order valence-electron chi connectivity index (χ4n) is 4.36. The number of ether oxygens (including phenoxy) is 2. The van der Waals surface area contributed by atoms with Crippen molar-refractivity contribution in [3.05, 3.63) is 23.9 Å². The first-order chi connectivity index (χ1) is 13.0. The van der Waals surface area contributed by atoms with Gasteiger partial charge in [-0.15, -0.1) is 0 Å². The van der Waals surface area contributed by atoms with E-state index in [4.69, 9.17) is 9.47 Å². The van der Waals surface area contributed by atoms with E-state index in [9.17, 15) is 9.59 Å². The van der Waals surface area contributed by atoms with E-state index in [0.29, 0.717) is 37.4 Å². The molecule has 1 aliphatic carbocycles. The van der Waals surface area contributed by atoms with E-state index in [1.165, 1.54) is 0 Å². The third-order valence-electron chi connectivity index (χ3n) is 5.82. The molecule has 0 bridgehead atoms. The summed E-state index contributed by atoms with van der Waals surface area (Å²) in [6, 6.07) is 3.51. The molecule has 148 valence electrons. The molecule has 2 aliphatic rings. The maximum absolute atomic E-state index is 13.3. The number of hydrogen-bond donors (Lipinski definition) is 1. The molecule has 1 aromatic rings. The molecule has 7 nitrogen and oxygen atoms in total. The van der Waals surface area contributed by atoms with Crippen LogP contribution in [0.1, 0.15) is 56.3 Å². The normalized spacial score (nSPS) is 27.1. The molecule has 2 fully saturated rings. The Labute approximate surface area is 160 Å². The highest BCUT2D eigenvalue weighted by atomic mass is 16.5. The molecule has 3 rings (SSSR count). The molecule has 2 amide bonds. The summed E-state index contributed by atoms with van der Waals surface area (Å²) < 4.78 is 11.5. The first-order valence-corrected chi connectivity index (χ1v) is 9.78. The van der Waals surface area contributed by atoms with Gasteiger partial charge in [0.05, 0.1) is 18.2 Å². The molecule has 0 radical (unpaired) electrons. The molecule has 0 spiro atoms. The number of hydrogen-bond acceptors (Lipinski definition) is 5. The van der Waals surface area contributed by atoms with Crippen molar-refractivity contribution in [2.45, 2.75) is 63.6 Å². The molecule has 1 N–H and O–H groups in total. The fraction of sp³-hybridized carbons (Fsp3) is 0.650. The predicted octanol–water partition coefficient (Wildman–Crippen LogP) is 2.16. The average Bonchev–Trinajstić information content (AvgIpc) is 3.07. The number of nitrogens with zero attached hydrogens (tertiary/aromatic N) is 2.